The zero-order valence-corrected chi connectivity index (χ0v) is 41.9. The number of aliphatic hydroxyl groups is 1. The summed E-state index contributed by atoms with van der Waals surface area (Å²) in [7, 11) is 4.61. The average molecular weight is 1000 g/mol. The van der Waals surface area contributed by atoms with Crippen molar-refractivity contribution in [3.05, 3.63) is 101 Å². The molecule has 73 heavy (non-hydrogen) atoms. The summed E-state index contributed by atoms with van der Waals surface area (Å²) < 4.78 is 35.0. The number of nitrogens with one attached hydrogen (secondary N) is 3. The van der Waals surface area contributed by atoms with Crippen molar-refractivity contribution >= 4 is 52.4 Å². The first-order chi connectivity index (χ1) is 35.1. The largest absolute Gasteiger partial charge is 0.497 e. The minimum absolute atomic E-state index is 0.0819. The fourth-order valence-electron chi connectivity index (χ4n) is 9.84. The third kappa shape index (κ3) is 10.4. The molecule has 0 aromatic heterocycles. The first-order valence-corrected chi connectivity index (χ1v) is 24.6. The van der Waals surface area contributed by atoms with Gasteiger partial charge in [-0.05, 0) is 97.0 Å². The van der Waals surface area contributed by atoms with E-state index in [1.54, 1.807) is 60.2 Å². The number of benzene rings is 4. The van der Waals surface area contributed by atoms with Gasteiger partial charge in [0.25, 0.3) is 11.8 Å². The molecule has 1 saturated carbocycles. The van der Waals surface area contributed by atoms with Gasteiger partial charge >= 0.3 is 6.09 Å². The Morgan fingerprint density at radius 1 is 0.836 bits per heavy atom. The highest BCUT2D eigenvalue weighted by Gasteiger charge is 2.58. The van der Waals surface area contributed by atoms with E-state index in [1.807, 2.05) is 44.3 Å². The summed E-state index contributed by atoms with van der Waals surface area (Å²) in [5.41, 5.74) is 10.3. The molecule has 4 aromatic carbocycles. The molecule has 0 bridgehead atoms. The summed E-state index contributed by atoms with van der Waals surface area (Å²) >= 11 is 0. The van der Waals surface area contributed by atoms with Crippen LogP contribution in [0.1, 0.15) is 84.7 Å². The van der Waals surface area contributed by atoms with Crippen LogP contribution in [0.3, 0.4) is 0 Å². The van der Waals surface area contributed by atoms with Crippen LogP contribution < -0.4 is 50.3 Å². The number of nitrogens with two attached hydrogens (primary N) is 1. The van der Waals surface area contributed by atoms with Crippen LogP contribution in [0.4, 0.5) is 21.9 Å². The molecule has 2 fully saturated rings. The highest BCUT2D eigenvalue weighted by molar-refractivity contribution is 6.06. The van der Waals surface area contributed by atoms with Crippen molar-refractivity contribution in [1.82, 2.24) is 15.1 Å². The second kappa shape index (κ2) is 20.9. The highest BCUT2D eigenvalue weighted by atomic mass is 16.6. The highest BCUT2D eigenvalue weighted by Crippen LogP contribution is 2.57. The average Bonchev–Trinajstić information content (AvgIpc) is 3.90. The van der Waals surface area contributed by atoms with E-state index in [0.717, 1.165) is 34.6 Å². The molecule has 4 aromatic rings. The van der Waals surface area contributed by atoms with Gasteiger partial charge in [0.1, 0.15) is 18.4 Å². The Labute approximate surface area is 423 Å². The van der Waals surface area contributed by atoms with Gasteiger partial charge in [-0.15, -0.1) is 0 Å². The number of rotatable bonds is 17. The van der Waals surface area contributed by atoms with E-state index < -0.39 is 42.3 Å². The van der Waals surface area contributed by atoms with Crippen molar-refractivity contribution in [3.8, 4) is 28.7 Å². The smallest absolute Gasteiger partial charge is 0.416 e. The quantitative estimate of drug-likeness (QED) is 0.0749. The van der Waals surface area contributed by atoms with Crippen molar-refractivity contribution in [2.24, 2.45) is 17.1 Å². The number of methoxy groups -OCH3 is 3. The molecule has 1 spiro atoms. The summed E-state index contributed by atoms with van der Waals surface area (Å²) in [5, 5.41) is 20.9. The van der Waals surface area contributed by atoms with Crippen LogP contribution in [0, 0.1) is 11.3 Å². The fourth-order valence-corrected chi connectivity index (χ4v) is 9.84. The molecule has 0 radical (unpaired) electrons. The maximum atomic E-state index is 14.3. The standard InChI is InChI=1S/C54H63N7O12/c1-30(2)47(55)49(63)57-31(3)48(62)58-35-12-8-32(9-13-35)28-73-53(67)61-41-24-46(44(70-6)22-39(41)51(65)60-29-54(16-17-54)25-42(60)52(61)66)72-19-7-18-71-45-23-40-38(21-43(45)69-5)50(64)59-27-34(20-36(59)26-56-40)33-10-14-37(68-4)15-11-33/h8-15,21-24,27,30-31,36,42,47,52,56,66H,7,16-20,25-26,28-29,55H2,1-6H3,(H,57,63)(H,58,62)/t31-,36+,42-,47+,52?/m0/s1. The predicted octanol–water partition coefficient (Wildman–Crippen LogP) is 6.14. The number of hydrogen-bond acceptors (Lipinski definition) is 14. The van der Waals surface area contributed by atoms with Crippen molar-refractivity contribution in [2.45, 2.75) is 89.9 Å². The lowest BCUT2D eigenvalue weighted by atomic mass is 10.0. The topological polar surface area (TPSA) is 233 Å². The van der Waals surface area contributed by atoms with Crippen molar-refractivity contribution < 1.29 is 57.5 Å². The molecule has 1 unspecified atom stereocenters. The number of fused-ring (bicyclic) bond motifs is 4. The zero-order valence-electron chi connectivity index (χ0n) is 41.9. The predicted molar refractivity (Wildman–Crippen MR) is 271 cm³/mol. The van der Waals surface area contributed by atoms with Gasteiger partial charge < -0.3 is 65.0 Å². The molecule has 4 aliphatic heterocycles. The molecule has 9 rings (SSSR count). The number of anilines is 3. The zero-order chi connectivity index (χ0) is 51.7. The minimum atomic E-state index is -1.44. The Kier molecular flexibility index (Phi) is 14.4. The van der Waals surface area contributed by atoms with Crippen molar-refractivity contribution in [1.29, 1.82) is 0 Å². The SMILES string of the molecule is COc1ccc(C2=CN3C(=O)c4cc(OC)c(OCCCOc5cc6c(cc5OC)C(=O)N5CC7(CC7)C[C@H]5C(O)N6C(=O)OCc5ccc(NC(=O)[C@H](C)NC(=O)[C@H](N)C(C)C)cc5)cc4NC[C@H]3C2)cc1. The van der Waals surface area contributed by atoms with E-state index in [4.69, 9.17) is 34.2 Å². The summed E-state index contributed by atoms with van der Waals surface area (Å²) in [5.74, 6) is 0.637. The molecule has 5 atom stereocenters. The van der Waals surface area contributed by atoms with E-state index in [0.29, 0.717) is 66.4 Å². The molecule has 5 aliphatic rings. The number of carbonyl (C=O) groups excluding carboxylic acids is 5. The molecular weight excluding hydrogens is 939 g/mol. The third-order valence-corrected chi connectivity index (χ3v) is 14.4. The number of carbonyl (C=O) groups is 5. The number of aliphatic hydroxyl groups excluding tert-OH is 1. The molecule has 4 heterocycles. The number of hydrogen-bond donors (Lipinski definition) is 5. The van der Waals surface area contributed by atoms with Crippen LogP contribution in [-0.4, -0.2) is 123 Å². The van der Waals surface area contributed by atoms with Gasteiger partial charge in [-0.2, -0.15) is 0 Å². The second-order valence-electron chi connectivity index (χ2n) is 19.7. The van der Waals surface area contributed by atoms with E-state index in [9.17, 15) is 29.1 Å². The van der Waals surface area contributed by atoms with Gasteiger partial charge in [0.2, 0.25) is 11.8 Å². The Morgan fingerprint density at radius 2 is 1.51 bits per heavy atom. The molecule has 1 saturated heterocycles. The molecule has 386 valence electrons. The minimum Gasteiger partial charge on any atom is -0.497 e. The monoisotopic (exact) mass is 1000 g/mol. The van der Waals surface area contributed by atoms with Crippen molar-refractivity contribution in [3.63, 3.8) is 0 Å². The van der Waals surface area contributed by atoms with Crippen LogP contribution >= 0.6 is 0 Å². The lowest BCUT2D eigenvalue weighted by Gasteiger charge is -2.31. The van der Waals surface area contributed by atoms with Crippen molar-refractivity contribution in [2.75, 3.05) is 63.2 Å². The van der Waals surface area contributed by atoms with Gasteiger partial charge in [0.05, 0.1) is 75.2 Å². The van der Waals surface area contributed by atoms with Gasteiger partial charge in [-0.1, -0.05) is 38.1 Å². The normalized spacial score (nSPS) is 20.0. The first-order valence-electron chi connectivity index (χ1n) is 24.6. The Morgan fingerprint density at radius 3 is 2.15 bits per heavy atom. The molecule has 1 aliphatic carbocycles. The van der Waals surface area contributed by atoms with E-state index >= 15 is 0 Å². The first kappa shape index (κ1) is 50.4. The number of amides is 5. The molecule has 5 amide bonds. The van der Waals surface area contributed by atoms with Crippen LogP contribution in [0.2, 0.25) is 0 Å². The lowest BCUT2D eigenvalue weighted by molar-refractivity contribution is -0.127. The van der Waals surface area contributed by atoms with Gasteiger partial charge in [0.15, 0.2) is 29.2 Å². The van der Waals surface area contributed by atoms with Gasteiger partial charge in [0, 0.05) is 43.5 Å². The van der Waals surface area contributed by atoms with E-state index in [-0.39, 0.29) is 71.8 Å². The van der Waals surface area contributed by atoms with E-state index in [2.05, 4.69) is 16.0 Å². The summed E-state index contributed by atoms with van der Waals surface area (Å²) in [6.07, 6.45) is 3.05. The molecule has 19 heteroatoms. The second-order valence-corrected chi connectivity index (χ2v) is 19.7. The lowest BCUT2D eigenvalue weighted by Crippen LogP contribution is -2.50. The maximum Gasteiger partial charge on any atom is 0.416 e. The van der Waals surface area contributed by atoms with Gasteiger partial charge in [-0.25, -0.2) is 9.69 Å². The van der Waals surface area contributed by atoms with Crippen LogP contribution in [0.5, 0.6) is 28.7 Å². The third-order valence-electron chi connectivity index (χ3n) is 14.4. The number of nitrogens with zero attached hydrogens (tertiary/aromatic N) is 3. The molecule has 6 N–H and O–H groups in total. The summed E-state index contributed by atoms with van der Waals surface area (Å²) in [6, 6.07) is 18.6. The summed E-state index contributed by atoms with van der Waals surface area (Å²) in [4.78, 5) is 72.3. The van der Waals surface area contributed by atoms with E-state index in [1.165, 1.54) is 26.4 Å². The molecule has 19 nitrogen and oxygen atoms in total. The maximum absolute atomic E-state index is 14.3. The molecular formula is C54H63N7O12. The van der Waals surface area contributed by atoms with Gasteiger partial charge in [-0.3, -0.25) is 19.2 Å². The van der Waals surface area contributed by atoms with Crippen LogP contribution in [0.15, 0.2) is 79.0 Å². The Bertz CT molecular complexity index is 2800. The van der Waals surface area contributed by atoms with Crippen LogP contribution in [0.25, 0.3) is 5.57 Å². The summed E-state index contributed by atoms with van der Waals surface area (Å²) in [6.45, 7) is 6.33. The Hall–Kier alpha value is -7.51. The van der Waals surface area contributed by atoms with Crippen LogP contribution in [-0.2, 0) is 20.9 Å². The number of ether oxygens (including phenoxy) is 6. The Balaban J connectivity index is 0.856. The fraction of sp³-hybridized carbons (Fsp3) is 0.426.